The monoisotopic (exact) mass is 253 g/mol. The lowest BCUT2D eigenvalue weighted by Crippen LogP contribution is -2.18. The zero-order valence-corrected chi connectivity index (χ0v) is 9.82. The molecule has 0 fully saturated rings. The van der Waals surface area contributed by atoms with Gasteiger partial charge in [-0.1, -0.05) is 0 Å². The largest absolute Gasteiger partial charge is 0.481 e. The third-order valence-corrected chi connectivity index (χ3v) is 2.41. The van der Waals surface area contributed by atoms with E-state index in [1.54, 1.807) is 19.1 Å². The Hall–Kier alpha value is -1.88. The minimum Gasteiger partial charge on any atom is -0.481 e. The van der Waals surface area contributed by atoms with Gasteiger partial charge < -0.3 is 14.9 Å². The van der Waals surface area contributed by atoms with Crippen molar-refractivity contribution in [3.63, 3.8) is 0 Å². The van der Waals surface area contributed by atoms with E-state index >= 15 is 0 Å². The zero-order valence-electron chi connectivity index (χ0n) is 9.82. The average Bonchev–Trinajstić information content (AvgIpc) is 2.71. The summed E-state index contributed by atoms with van der Waals surface area (Å²) in [7, 11) is 0. The molecule has 1 atom stereocenters. The quantitative estimate of drug-likeness (QED) is 0.911. The predicted molar refractivity (Wildman–Crippen MR) is 62.2 cm³/mol. The Kier molecular flexibility index (Phi) is 3.62. The number of nitrogens with two attached hydrogens (primary N) is 1. The van der Waals surface area contributed by atoms with E-state index in [2.05, 4.69) is 0 Å². The van der Waals surface area contributed by atoms with Gasteiger partial charge in [0.15, 0.2) is 6.10 Å². The maximum Gasteiger partial charge on any atom is 0.168 e. The van der Waals surface area contributed by atoms with Crippen molar-refractivity contribution in [2.45, 2.75) is 13.0 Å². The lowest BCUT2D eigenvalue weighted by molar-refractivity contribution is 0.181. The molecule has 0 spiro atoms. The van der Waals surface area contributed by atoms with Gasteiger partial charge >= 0.3 is 0 Å². The fraction of sp³-hybridized carbons (Fsp3) is 0.231. The number of halogens is 2. The molecule has 0 aliphatic heterocycles. The number of furan rings is 1. The van der Waals surface area contributed by atoms with Crippen LogP contribution in [-0.2, 0) is 0 Å². The molecule has 1 aromatic carbocycles. The van der Waals surface area contributed by atoms with Crippen LogP contribution in [0.1, 0.15) is 17.6 Å². The number of hydrogen-bond acceptors (Lipinski definition) is 3. The first-order valence-electron chi connectivity index (χ1n) is 5.47. The topological polar surface area (TPSA) is 48.4 Å². The lowest BCUT2D eigenvalue weighted by atomic mass is 10.2. The smallest absolute Gasteiger partial charge is 0.168 e. The molecule has 0 bridgehead atoms. The summed E-state index contributed by atoms with van der Waals surface area (Å²) >= 11 is 0. The molecule has 0 aliphatic carbocycles. The van der Waals surface area contributed by atoms with E-state index in [9.17, 15) is 8.78 Å². The summed E-state index contributed by atoms with van der Waals surface area (Å²) in [5.74, 6) is -0.0676. The van der Waals surface area contributed by atoms with E-state index in [1.165, 1.54) is 0 Å². The van der Waals surface area contributed by atoms with Gasteiger partial charge in [-0.2, -0.15) is 0 Å². The third-order valence-electron chi connectivity index (χ3n) is 2.41. The molecule has 2 rings (SSSR count). The van der Waals surface area contributed by atoms with Crippen LogP contribution in [0.4, 0.5) is 8.78 Å². The lowest BCUT2D eigenvalue weighted by Gasteiger charge is -2.15. The van der Waals surface area contributed by atoms with Crippen molar-refractivity contribution in [3.8, 4) is 5.75 Å². The summed E-state index contributed by atoms with van der Waals surface area (Å²) in [6.45, 7) is 1.93. The first-order valence-corrected chi connectivity index (χ1v) is 5.47. The Morgan fingerprint density at radius 3 is 2.39 bits per heavy atom. The van der Waals surface area contributed by atoms with E-state index in [-0.39, 0.29) is 12.3 Å². The number of benzene rings is 1. The highest BCUT2D eigenvalue weighted by Gasteiger charge is 2.16. The molecular weight excluding hydrogens is 240 g/mol. The second kappa shape index (κ2) is 5.18. The Bertz CT molecular complexity index is 519. The molecule has 0 aliphatic rings. The van der Waals surface area contributed by atoms with Gasteiger partial charge in [-0.3, -0.25) is 0 Å². The summed E-state index contributed by atoms with van der Waals surface area (Å²) in [5.41, 5.74) is 5.57. The fourth-order valence-corrected chi connectivity index (χ4v) is 1.61. The third kappa shape index (κ3) is 2.87. The van der Waals surface area contributed by atoms with Gasteiger partial charge in [-0.15, -0.1) is 0 Å². The zero-order chi connectivity index (χ0) is 13.1. The standard InChI is InChI=1S/C13H13F2NO2/c1-8-2-3-12(17-8)13(7-16)18-11-5-9(14)4-10(15)6-11/h2-6,13H,7,16H2,1H3. The van der Waals surface area contributed by atoms with Gasteiger partial charge in [0.1, 0.15) is 28.9 Å². The second-order valence-corrected chi connectivity index (χ2v) is 3.90. The highest BCUT2D eigenvalue weighted by atomic mass is 19.1. The van der Waals surface area contributed by atoms with Crippen molar-refractivity contribution >= 4 is 0 Å². The van der Waals surface area contributed by atoms with E-state index in [4.69, 9.17) is 14.9 Å². The first kappa shape index (κ1) is 12.6. The molecule has 1 unspecified atom stereocenters. The SMILES string of the molecule is Cc1ccc(C(CN)Oc2cc(F)cc(F)c2)o1. The van der Waals surface area contributed by atoms with Crippen LogP contribution < -0.4 is 10.5 Å². The molecule has 2 aromatic rings. The Morgan fingerprint density at radius 2 is 1.89 bits per heavy atom. The number of hydrogen-bond donors (Lipinski definition) is 1. The Morgan fingerprint density at radius 1 is 1.22 bits per heavy atom. The predicted octanol–water partition coefficient (Wildman–Crippen LogP) is 2.95. The summed E-state index contributed by atoms with van der Waals surface area (Å²) in [5, 5.41) is 0. The van der Waals surface area contributed by atoms with Crippen LogP contribution in [0.5, 0.6) is 5.75 Å². The van der Waals surface area contributed by atoms with Crippen LogP contribution in [0.25, 0.3) is 0 Å². The minimum atomic E-state index is -0.698. The van der Waals surface area contributed by atoms with Crippen molar-refractivity contribution in [2.75, 3.05) is 6.54 Å². The maximum absolute atomic E-state index is 13.0. The van der Waals surface area contributed by atoms with E-state index in [0.29, 0.717) is 5.76 Å². The molecule has 18 heavy (non-hydrogen) atoms. The van der Waals surface area contributed by atoms with Gasteiger partial charge in [-0.25, -0.2) is 8.78 Å². The normalized spacial score (nSPS) is 12.4. The summed E-state index contributed by atoms with van der Waals surface area (Å²) in [6.07, 6.45) is -0.570. The van der Waals surface area contributed by atoms with Crippen LogP contribution in [0.15, 0.2) is 34.7 Å². The van der Waals surface area contributed by atoms with Crippen LogP contribution in [-0.4, -0.2) is 6.54 Å². The molecule has 0 saturated heterocycles. The molecule has 0 radical (unpaired) electrons. The molecule has 5 heteroatoms. The van der Waals surface area contributed by atoms with Crippen molar-refractivity contribution in [1.82, 2.24) is 0 Å². The molecule has 96 valence electrons. The molecule has 2 N–H and O–H groups in total. The second-order valence-electron chi connectivity index (χ2n) is 3.90. The average molecular weight is 253 g/mol. The highest BCUT2D eigenvalue weighted by Crippen LogP contribution is 2.24. The number of aryl methyl sites for hydroxylation is 1. The molecule has 1 heterocycles. The Labute approximate surface area is 103 Å². The van der Waals surface area contributed by atoms with Gasteiger partial charge in [0, 0.05) is 24.7 Å². The molecule has 3 nitrogen and oxygen atoms in total. The molecule has 0 amide bonds. The van der Waals surface area contributed by atoms with Crippen LogP contribution in [0.3, 0.4) is 0 Å². The van der Waals surface area contributed by atoms with Crippen LogP contribution >= 0.6 is 0 Å². The highest BCUT2D eigenvalue weighted by molar-refractivity contribution is 5.25. The fourth-order valence-electron chi connectivity index (χ4n) is 1.61. The Balaban J connectivity index is 2.20. The minimum absolute atomic E-state index is 0.0806. The summed E-state index contributed by atoms with van der Waals surface area (Å²) < 4.78 is 36.8. The van der Waals surface area contributed by atoms with Gasteiger partial charge in [0.25, 0.3) is 0 Å². The van der Waals surface area contributed by atoms with Gasteiger partial charge in [-0.05, 0) is 19.1 Å². The van der Waals surface area contributed by atoms with E-state index in [1.807, 2.05) is 0 Å². The van der Waals surface area contributed by atoms with Gasteiger partial charge in [0.2, 0.25) is 0 Å². The van der Waals surface area contributed by atoms with Crippen molar-refractivity contribution < 1.29 is 17.9 Å². The van der Waals surface area contributed by atoms with Crippen molar-refractivity contribution in [3.05, 3.63) is 53.5 Å². The molecule has 0 saturated carbocycles. The maximum atomic E-state index is 13.0. The van der Waals surface area contributed by atoms with Crippen molar-refractivity contribution in [2.24, 2.45) is 5.73 Å². The van der Waals surface area contributed by atoms with Crippen molar-refractivity contribution in [1.29, 1.82) is 0 Å². The summed E-state index contributed by atoms with van der Waals surface area (Å²) in [6, 6.07) is 6.47. The molecular formula is C13H13F2NO2. The summed E-state index contributed by atoms with van der Waals surface area (Å²) in [4.78, 5) is 0. The van der Waals surface area contributed by atoms with Crippen LogP contribution in [0.2, 0.25) is 0 Å². The molecule has 1 aromatic heterocycles. The van der Waals surface area contributed by atoms with Crippen LogP contribution in [0, 0.1) is 18.6 Å². The van der Waals surface area contributed by atoms with E-state index in [0.717, 1.165) is 24.0 Å². The number of ether oxygens (including phenoxy) is 1. The van der Waals surface area contributed by atoms with E-state index < -0.39 is 17.7 Å². The van der Waals surface area contributed by atoms with Gasteiger partial charge in [0.05, 0.1) is 0 Å². The number of rotatable bonds is 4. The first-order chi connectivity index (χ1) is 8.58.